The number of halogens is 1. The van der Waals surface area contributed by atoms with Gasteiger partial charge in [0, 0.05) is 19.1 Å². The van der Waals surface area contributed by atoms with Crippen LogP contribution in [0.15, 0.2) is 61.9 Å². The van der Waals surface area contributed by atoms with E-state index in [0.717, 1.165) is 16.1 Å². The number of carbonyl (C=O) groups is 1. The molecule has 0 saturated heterocycles. The summed E-state index contributed by atoms with van der Waals surface area (Å²) in [5, 5.41) is 10.1. The first-order chi connectivity index (χ1) is 13.2. The van der Waals surface area contributed by atoms with E-state index in [9.17, 15) is 18.3 Å². The van der Waals surface area contributed by atoms with Gasteiger partial charge >= 0.3 is 5.97 Å². The van der Waals surface area contributed by atoms with Crippen LogP contribution in [0.3, 0.4) is 0 Å². The van der Waals surface area contributed by atoms with Gasteiger partial charge in [-0.25, -0.2) is 22.5 Å². The Morgan fingerprint density at radius 2 is 1.89 bits per heavy atom. The monoisotopic (exact) mass is 438 g/mol. The quantitative estimate of drug-likeness (QED) is 0.459. The summed E-state index contributed by atoms with van der Waals surface area (Å²) in [5.74, 6) is -1.14. The van der Waals surface area contributed by atoms with Crippen LogP contribution in [-0.4, -0.2) is 42.9 Å². The average Bonchev–Trinajstić information content (AvgIpc) is 3.04. The Hall–Kier alpha value is -2.33. The lowest BCUT2D eigenvalue weighted by Gasteiger charge is -2.10. The maximum Gasteiger partial charge on any atom is 0.342 e. The summed E-state index contributed by atoms with van der Waals surface area (Å²) in [6, 6.07) is 11.0. The third-order valence-corrected chi connectivity index (χ3v) is 6.62. The molecule has 0 spiro atoms. The zero-order chi connectivity index (χ0) is 20.5. The molecule has 1 aromatic heterocycles. The molecule has 3 rings (SSSR count). The van der Waals surface area contributed by atoms with Crippen molar-refractivity contribution in [3.63, 3.8) is 0 Å². The second-order valence-electron chi connectivity index (χ2n) is 5.86. The van der Waals surface area contributed by atoms with E-state index in [1.54, 1.807) is 24.3 Å². The van der Waals surface area contributed by atoms with E-state index in [-0.39, 0.29) is 15.0 Å². The molecule has 10 heteroatoms. The highest BCUT2D eigenvalue weighted by Gasteiger charge is 2.20. The van der Waals surface area contributed by atoms with E-state index in [1.807, 2.05) is 0 Å². The normalized spacial score (nSPS) is 12.6. The molecule has 28 heavy (non-hydrogen) atoms. The Morgan fingerprint density at radius 1 is 1.21 bits per heavy atom. The molecule has 3 aromatic rings. The third-order valence-electron chi connectivity index (χ3n) is 3.69. The Kier molecular flexibility index (Phi) is 5.80. The van der Waals surface area contributed by atoms with Crippen LogP contribution in [0.2, 0.25) is 5.02 Å². The summed E-state index contributed by atoms with van der Waals surface area (Å²) in [6.07, 6.45) is 1.47. The van der Waals surface area contributed by atoms with E-state index in [2.05, 4.69) is 4.98 Å². The predicted molar refractivity (Wildman–Crippen MR) is 108 cm³/mol. The highest BCUT2D eigenvalue weighted by molar-refractivity contribution is 8.03. The minimum atomic E-state index is -3.61. The third kappa shape index (κ3) is 4.39. The van der Waals surface area contributed by atoms with Crippen molar-refractivity contribution in [1.29, 1.82) is 0 Å². The standard InChI is InChI=1S/C18H15ClN2O5S2/c1-21(2)28(24,25)13-7-8-15-14(10-13)20-18(26-15)27-16(17(22)23)9-11-3-5-12(19)6-4-11/h3-10H,1-2H3,(H,22,23)/b16-9-. The van der Waals surface area contributed by atoms with Crippen LogP contribution in [0.25, 0.3) is 17.2 Å². The van der Waals surface area contributed by atoms with Crippen molar-refractivity contribution in [1.82, 2.24) is 9.29 Å². The Labute approximate surface area is 170 Å². The van der Waals surface area contributed by atoms with Crippen LogP contribution in [0, 0.1) is 0 Å². The number of carboxylic acid groups (broad SMARTS) is 1. The second-order valence-corrected chi connectivity index (χ2v) is 9.45. The van der Waals surface area contributed by atoms with Crippen molar-refractivity contribution in [3.8, 4) is 0 Å². The van der Waals surface area contributed by atoms with Crippen molar-refractivity contribution in [2.45, 2.75) is 10.1 Å². The first kappa shape index (κ1) is 20.4. The fourth-order valence-corrected chi connectivity index (χ4v) is 4.03. The van der Waals surface area contributed by atoms with Gasteiger partial charge in [-0.1, -0.05) is 23.7 Å². The second kappa shape index (κ2) is 7.96. The van der Waals surface area contributed by atoms with Gasteiger partial charge in [-0.05, 0) is 53.7 Å². The summed E-state index contributed by atoms with van der Waals surface area (Å²) in [7, 11) is -0.742. The molecule has 0 atom stereocenters. The first-order valence-corrected chi connectivity index (χ1v) is 10.5. The lowest BCUT2D eigenvalue weighted by atomic mass is 10.2. The lowest BCUT2D eigenvalue weighted by molar-refractivity contribution is -0.131. The Bertz CT molecular complexity index is 1170. The van der Waals surface area contributed by atoms with Crippen molar-refractivity contribution in [2.24, 2.45) is 0 Å². The molecule has 0 aliphatic heterocycles. The SMILES string of the molecule is CN(C)S(=O)(=O)c1ccc2oc(S/C(=C\c3ccc(Cl)cc3)C(=O)O)nc2c1. The molecule has 0 aliphatic carbocycles. The van der Waals surface area contributed by atoms with Gasteiger partial charge < -0.3 is 9.52 Å². The molecule has 146 valence electrons. The van der Waals surface area contributed by atoms with E-state index in [0.29, 0.717) is 21.7 Å². The molecule has 0 radical (unpaired) electrons. The molecule has 0 bridgehead atoms. The van der Waals surface area contributed by atoms with Gasteiger partial charge in [0.2, 0.25) is 10.0 Å². The molecular weight excluding hydrogens is 424 g/mol. The zero-order valence-electron chi connectivity index (χ0n) is 14.8. The van der Waals surface area contributed by atoms with E-state index in [1.165, 1.54) is 38.4 Å². The molecule has 0 unspecified atom stereocenters. The number of thioether (sulfide) groups is 1. The molecule has 0 aliphatic rings. The molecule has 2 aromatic carbocycles. The van der Waals surface area contributed by atoms with E-state index in [4.69, 9.17) is 16.0 Å². The van der Waals surface area contributed by atoms with Gasteiger partial charge in [-0.15, -0.1) is 0 Å². The largest absolute Gasteiger partial charge is 0.477 e. The summed E-state index contributed by atoms with van der Waals surface area (Å²) >= 11 is 6.67. The average molecular weight is 439 g/mol. The number of aliphatic carboxylic acids is 1. The number of hydrogen-bond acceptors (Lipinski definition) is 6. The summed E-state index contributed by atoms with van der Waals surface area (Å²) in [5.41, 5.74) is 1.34. The van der Waals surface area contributed by atoms with Crippen LogP contribution >= 0.6 is 23.4 Å². The van der Waals surface area contributed by atoms with Gasteiger partial charge in [0.05, 0.1) is 4.90 Å². The number of oxazole rings is 1. The van der Waals surface area contributed by atoms with Gasteiger partial charge in [0.25, 0.3) is 5.22 Å². The minimum Gasteiger partial charge on any atom is -0.477 e. The number of nitrogens with zero attached hydrogens (tertiary/aromatic N) is 2. The number of fused-ring (bicyclic) bond motifs is 1. The fourth-order valence-electron chi connectivity index (χ4n) is 2.24. The lowest BCUT2D eigenvalue weighted by Crippen LogP contribution is -2.22. The maximum absolute atomic E-state index is 12.2. The topological polar surface area (TPSA) is 101 Å². The molecule has 0 saturated carbocycles. The summed E-state index contributed by atoms with van der Waals surface area (Å²) in [6.45, 7) is 0. The fraction of sp³-hybridized carbons (Fsp3) is 0.111. The molecule has 1 heterocycles. The van der Waals surface area contributed by atoms with Gasteiger partial charge in [0.1, 0.15) is 10.4 Å². The van der Waals surface area contributed by atoms with E-state index >= 15 is 0 Å². The Balaban J connectivity index is 1.94. The van der Waals surface area contributed by atoms with Gasteiger partial charge in [-0.2, -0.15) is 0 Å². The number of aromatic nitrogens is 1. The zero-order valence-corrected chi connectivity index (χ0v) is 17.2. The predicted octanol–water partition coefficient (Wildman–Crippen LogP) is 3.95. The summed E-state index contributed by atoms with van der Waals surface area (Å²) < 4.78 is 31.1. The molecular formula is C18H15ClN2O5S2. The van der Waals surface area contributed by atoms with E-state index < -0.39 is 16.0 Å². The number of rotatable bonds is 6. The van der Waals surface area contributed by atoms with Crippen molar-refractivity contribution < 1.29 is 22.7 Å². The summed E-state index contributed by atoms with van der Waals surface area (Å²) in [4.78, 5) is 15.9. The number of benzene rings is 2. The van der Waals surface area contributed by atoms with Crippen molar-refractivity contribution in [3.05, 3.63) is 58.0 Å². The number of sulfonamides is 1. The molecule has 7 nitrogen and oxygen atoms in total. The van der Waals surface area contributed by atoms with Crippen LogP contribution in [0.4, 0.5) is 0 Å². The van der Waals surface area contributed by atoms with Gasteiger partial charge in [-0.3, -0.25) is 0 Å². The minimum absolute atomic E-state index is 0.00462. The molecule has 1 N–H and O–H groups in total. The Morgan fingerprint density at radius 3 is 2.50 bits per heavy atom. The molecule has 0 fully saturated rings. The van der Waals surface area contributed by atoms with Crippen LogP contribution in [0.1, 0.15) is 5.56 Å². The van der Waals surface area contributed by atoms with Crippen LogP contribution in [0.5, 0.6) is 0 Å². The maximum atomic E-state index is 12.2. The van der Waals surface area contributed by atoms with Crippen molar-refractivity contribution in [2.75, 3.05) is 14.1 Å². The number of hydrogen-bond donors (Lipinski definition) is 1. The first-order valence-electron chi connectivity index (χ1n) is 7.88. The van der Waals surface area contributed by atoms with Crippen LogP contribution < -0.4 is 0 Å². The van der Waals surface area contributed by atoms with Gasteiger partial charge in [0.15, 0.2) is 5.58 Å². The highest BCUT2D eigenvalue weighted by atomic mass is 35.5. The van der Waals surface area contributed by atoms with Crippen LogP contribution in [-0.2, 0) is 14.8 Å². The smallest absolute Gasteiger partial charge is 0.342 e. The number of carboxylic acids is 1. The van der Waals surface area contributed by atoms with Crippen molar-refractivity contribution >= 4 is 56.5 Å². The molecule has 0 amide bonds. The highest BCUT2D eigenvalue weighted by Crippen LogP contribution is 2.31.